The summed E-state index contributed by atoms with van der Waals surface area (Å²) >= 11 is 0. The molecule has 1 aromatic carbocycles. The largest absolute Gasteiger partial charge is 0.492 e. The number of aromatic nitrogens is 2. The first-order valence-corrected chi connectivity index (χ1v) is 7.46. The molecule has 0 saturated heterocycles. The summed E-state index contributed by atoms with van der Waals surface area (Å²) < 4.78 is 31.1. The van der Waals surface area contributed by atoms with Crippen molar-refractivity contribution >= 4 is 21.7 Å². The number of rotatable bonds is 6. The van der Waals surface area contributed by atoms with Gasteiger partial charge in [0.1, 0.15) is 18.1 Å². The third-order valence-electron chi connectivity index (χ3n) is 2.31. The molecular weight excluding hydrogens is 280 g/mol. The van der Waals surface area contributed by atoms with Crippen molar-refractivity contribution in [1.82, 2.24) is 9.97 Å². The van der Waals surface area contributed by atoms with Gasteiger partial charge in [-0.3, -0.25) is 4.72 Å². The van der Waals surface area contributed by atoms with Gasteiger partial charge in [-0.05, 0) is 30.3 Å². The minimum Gasteiger partial charge on any atom is -0.492 e. The SMILES string of the molecule is Nc1ccc(OCCS(=O)(=O)Nc2ncccn2)cc1. The molecule has 3 N–H and O–H groups in total. The highest BCUT2D eigenvalue weighted by molar-refractivity contribution is 7.92. The minimum absolute atomic E-state index is 0.0199. The molecule has 0 radical (unpaired) electrons. The van der Waals surface area contributed by atoms with Crippen molar-refractivity contribution in [2.45, 2.75) is 0 Å². The maximum Gasteiger partial charge on any atom is 0.238 e. The Hall–Kier alpha value is -2.35. The predicted octanol–water partition coefficient (Wildman–Crippen LogP) is 0.879. The number of ether oxygens (including phenoxy) is 1. The average Bonchev–Trinajstić information content (AvgIpc) is 2.41. The summed E-state index contributed by atoms with van der Waals surface area (Å²) in [6, 6.07) is 8.31. The van der Waals surface area contributed by atoms with Gasteiger partial charge in [0, 0.05) is 18.1 Å². The first kappa shape index (κ1) is 14.1. The van der Waals surface area contributed by atoms with Crippen molar-refractivity contribution in [3.8, 4) is 5.75 Å². The first-order valence-electron chi connectivity index (χ1n) is 5.81. The standard InChI is InChI=1S/C12H14N4O3S/c13-10-2-4-11(5-3-10)19-8-9-20(17,18)16-12-14-6-1-7-15-12/h1-7H,8-9,13H2,(H,14,15,16). The van der Waals surface area contributed by atoms with Gasteiger partial charge in [-0.15, -0.1) is 0 Å². The van der Waals surface area contributed by atoms with Gasteiger partial charge < -0.3 is 10.5 Å². The van der Waals surface area contributed by atoms with E-state index in [-0.39, 0.29) is 18.3 Å². The molecule has 0 amide bonds. The summed E-state index contributed by atoms with van der Waals surface area (Å²) in [7, 11) is -3.54. The Morgan fingerprint density at radius 3 is 2.45 bits per heavy atom. The summed E-state index contributed by atoms with van der Waals surface area (Å²) in [6.07, 6.45) is 2.91. The van der Waals surface area contributed by atoms with E-state index in [0.717, 1.165) is 0 Å². The zero-order chi connectivity index (χ0) is 14.4. The summed E-state index contributed by atoms with van der Waals surface area (Å²) in [6.45, 7) is 0.0199. The van der Waals surface area contributed by atoms with Crippen molar-refractivity contribution in [1.29, 1.82) is 0 Å². The number of benzene rings is 1. The van der Waals surface area contributed by atoms with Crippen molar-refractivity contribution in [2.75, 3.05) is 22.8 Å². The smallest absolute Gasteiger partial charge is 0.238 e. The van der Waals surface area contributed by atoms with Crippen LogP contribution in [0.3, 0.4) is 0 Å². The van der Waals surface area contributed by atoms with Gasteiger partial charge in [-0.1, -0.05) is 0 Å². The van der Waals surface area contributed by atoms with Crippen LogP contribution in [0.4, 0.5) is 11.6 Å². The lowest BCUT2D eigenvalue weighted by atomic mass is 10.3. The normalized spacial score (nSPS) is 11.0. The Bertz CT molecular complexity index is 644. The van der Waals surface area contributed by atoms with E-state index in [9.17, 15) is 8.42 Å². The topological polar surface area (TPSA) is 107 Å². The Morgan fingerprint density at radius 2 is 1.80 bits per heavy atom. The second-order valence-electron chi connectivity index (χ2n) is 3.91. The quantitative estimate of drug-likeness (QED) is 0.766. The molecule has 1 aromatic heterocycles. The number of sulfonamides is 1. The van der Waals surface area contributed by atoms with Crippen molar-refractivity contribution in [2.24, 2.45) is 0 Å². The molecule has 0 saturated carbocycles. The lowest BCUT2D eigenvalue weighted by Crippen LogP contribution is -2.22. The molecule has 1 heterocycles. The fourth-order valence-corrected chi connectivity index (χ4v) is 2.16. The Labute approximate surface area is 116 Å². The number of nitrogens with zero attached hydrogens (tertiary/aromatic N) is 2. The Kier molecular flexibility index (Phi) is 4.36. The average molecular weight is 294 g/mol. The fraction of sp³-hybridized carbons (Fsp3) is 0.167. The van der Waals surface area contributed by atoms with E-state index >= 15 is 0 Å². The highest BCUT2D eigenvalue weighted by Gasteiger charge is 2.12. The van der Waals surface area contributed by atoms with Crippen LogP contribution >= 0.6 is 0 Å². The number of nitrogens with one attached hydrogen (secondary N) is 1. The zero-order valence-electron chi connectivity index (χ0n) is 10.6. The van der Waals surface area contributed by atoms with Crippen LogP contribution in [0.25, 0.3) is 0 Å². The summed E-state index contributed by atoms with van der Waals surface area (Å²) in [5.41, 5.74) is 6.15. The number of anilines is 2. The van der Waals surface area contributed by atoms with E-state index in [1.807, 2.05) is 0 Å². The summed E-state index contributed by atoms with van der Waals surface area (Å²) in [4.78, 5) is 7.57. The van der Waals surface area contributed by atoms with E-state index < -0.39 is 10.0 Å². The lowest BCUT2D eigenvalue weighted by Gasteiger charge is -2.08. The maximum atomic E-state index is 11.8. The van der Waals surface area contributed by atoms with Gasteiger partial charge in [-0.2, -0.15) is 0 Å². The first-order chi connectivity index (χ1) is 9.55. The highest BCUT2D eigenvalue weighted by Crippen LogP contribution is 2.13. The van der Waals surface area contributed by atoms with Crippen LogP contribution in [0, 0.1) is 0 Å². The van der Waals surface area contributed by atoms with E-state index in [1.54, 1.807) is 30.3 Å². The molecule has 7 nitrogen and oxygen atoms in total. The van der Waals surface area contributed by atoms with Crippen LogP contribution in [0.15, 0.2) is 42.7 Å². The number of hydrogen-bond acceptors (Lipinski definition) is 6. The molecule has 2 rings (SSSR count). The van der Waals surface area contributed by atoms with Crippen LogP contribution in [-0.2, 0) is 10.0 Å². The molecule has 0 fully saturated rings. The van der Waals surface area contributed by atoms with Gasteiger partial charge in [0.15, 0.2) is 0 Å². The van der Waals surface area contributed by atoms with Gasteiger partial charge in [0.05, 0.1) is 0 Å². The summed E-state index contributed by atoms with van der Waals surface area (Å²) in [5.74, 6) is 0.403. The van der Waals surface area contributed by atoms with E-state index in [0.29, 0.717) is 11.4 Å². The third-order valence-corrected chi connectivity index (χ3v) is 3.51. The van der Waals surface area contributed by atoms with Crippen molar-refractivity contribution in [3.63, 3.8) is 0 Å². The lowest BCUT2D eigenvalue weighted by molar-refractivity contribution is 0.341. The van der Waals surface area contributed by atoms with Gasteiger partial charge >= 0.3 is 0 Å². The van der Waals surface area contributed by atoms with Gasteiger partial charge in [0.2, 0.25) is 16.0 Å². The molecule has 0 aliphatic heterocycles. The monoisotopic (exact) mass is 294 g/mol. The van der Waals surface area contributed by atoms with Crippen LogP contribution < -0.4 is 15.2 Å². The second-order valence-corrected chi connectivity index (χ2v) is 5.75. The second kappa shape index (κ2) is 6.20. The molecule has 0 bridgehead atoms. The van der Waals surface area contributed by atoms with Crippen LogP contribution in [0.2, 0.25) is 0 Å². The number of hydrogen-bond donors (Lipinski definition) is 2. The predicted molar refractivity (Wildman–Crippen MR) is 75.8 cm³/mol. The van der Waals surface area contributed by atoms with Crippen LogP contribution in [-0.4, -0.2) is 30.7 Å². The molecule has 0 atom stereocenters. The number of nitrogens with two attached hydrogens (primary N) is 1. The molecule has 2 aromatic rings. The van der Waals surface area contributed by atoms with Crippen LogP contribution in [0.5, 0.6) is 5.75 Å². The highest BCUT2D eigenvalue weighted by atomic mass is 32.2. The Balaban J connectivity index is 1.85. The molecule has 8 heteroatoms. The molecule has 106 valence electrons. The number of nitrogen functional groups attached to an aromatic ring is 1. The molecule has 0 unspecified atom stereocenters. The molecule has 0 aliphatic carbocycles. The Morgan fingerprint density at radius 1 is 1.15 bits per heavy atom. The molecular formula is C12H14N4O3S. The van der Waals surface area contributed by atoms with Crippen molar-refractivity contribution < 1.29 is 13.2 Å². The van der Waals surface area contributed by atoms with Crippen molar-refractivity contribution in [3.05, 3.63) is 42.7 Å². The van der Waals surface area contributed by atoms with E-state index in [1.165, 1.54) is 12.4 Å². The third kappa shape index (κ3) is 4.39. The molecule has 0 spiro atoms. The van der Waals surface area contributed by atoms with E-state index in [4.69, 9.17) is 10.5 Å². The zero-order valence-corrected chi connectivity index (χ0v) is 11.4. The maximum absolute atomic E-state index is 11.8. The molecule has 20 heavy (non-hydrogen) atoms. The van der Waals surface area contributed by atoms with Gasteiger partial charge in [0.25, 0.3) is 0 Å². The fourth-order valence-electron chi connectivity index (χ4n) is 1.38. The minimum atomic E-state index is -3.54. The summed E-state index contributed by atoms with van der Waals surface area (Å²) in [5, 5.41) is 0. The molecule has 0 aliphatic rings. The van der Waals surface area contributed by atoms with E-state index in [2.05, 4.69) is 14.7 Å². The van der Waals surface area contributed by atoms with Crippen LogP contribution in [0.1, 0.15) is 0 Å². The van der Waals surface area contributed by atoms with Gasteiger partial charge in [-0.25, -0.2) is 18.4 Å².